The van der Waals surface area contributed by atoms with Crippen LogP contribution >= 0.6 is 0 Å². The molecule has 0 aliphatic heterocycles. The third-order valence-electron chi connectivity index (χ3n) is 11.3. The predicted molar refractivity (Wildman–Crippen MR) is 232 cm³/mol. The number of aromatic nitrogens is 4. The quantitative estimate of drug-likeness (QED) is 0.172. The summed E-state index contributed by atoms with van der Waals surface area (Å²) in [6, 6.07) is 63.1. The van der Waals surface area contributed by atoms with E-state index in [1.165, 1.54) is 60.4 Å². The van der Waals surface area contributed by atoms with Crippen LogP contribution in [0.2, 0.25) is 0 Å². The molecule has 1 unspecified atom stereocenters. The molecule has 0 amide bonds. The molecule has 4 heteroatoms. The highest BCUT2D eigenvalue weighted by atomic mass is 15.2. The van der Waals surface area contributed by atoms with E-state index in [0.717, 1.165) is 34.4 Å². The molecule has 0 spiro atoms. The smallest absolute Gasteiger partial charge is 0.235 e. The van der Waals surface area contributed by atoms with Crippen LogP contribution in [-0.2, 0) is 0 Å². The average Bonchev–Trinajstić information content (AvgIpc) is 3.79. The molecule has 264 valence electrons. The van der Waals surface area contributed by atoms with E-state index in [2.05, 4.69) is 197 Å². The van der Waals surface area contributed by atoms with E-state index in [9.17, 15) is 0 Å². The summed E-state index contributed by atoms with van der Waals surface area (Å²) in [5.41, 5.74) is 13.9. The van der Waals surface area contributed by atoms with E-state index < -0.39 is 0 Å². The van der Waals surface area contributed by atoms with Crippen LogP contribution in [0, 0.1) is 0 Å². The van der Waals surface area contributed by atoms with Crippen molar-refractivity contribution in [3.05, 3.63) is 211 Å². The monoisotopic (exact) mass is 716 g/mol. The first-order valence-electron chi connectivity index (χ1n) is 19.3. The van der Waals surface area contributed by atoms with Gasteiger partial charge in [-0.2, -0.15) is 0 Å². The van der Waals surface area contributed by atoms with Crippen molar-refractivity contribution in [2.24, 2.45) is 0 Å². The van der Waals surface area contributed by atoms with E-state index in [1.54, 1.807) is 0 Å². The van der Waals surface area contributed by atoms with Crippen LogP contribution in [0.1, 0.15) is 23.5 Å². The Kier molecular flexibility index (Phi) is 7.59. The van der Waals surface area contributed by atoms with Crippen LogP contribution in [0.25, 0.3) is 83.2 Å². The van der Waals surface area contributed by atoms with Crippen molar-refractivity contribution in [2.45, 2.75) is 12.3 Å². The van der Waals surface area contributed by atoms with E-state index in [0.29, 0.717) is 11.9 Å². The van der Waals surface area contributed by atoms with E-state index >= 15 is 0 Å². The van der Waals surface area contributed by atoms with Gasteiger partial charge in [-0.15, -0.1) is 0 Å². The number of hydrogen-bond acceptors (Lipinski definition) is 2. The van der Waals surface area contributed by atoms with Gasteiger partial charge in [0.2, 0.25) is 5.95 Å². The normalized spacial score (nSPS) is 14.2. The Morgan fingerprint density at radius 1 is 0.464 bits per heavy atom. The van der Waals surface area contributed by atoms with Gasteiger partial charge in [-0.1, -0.05) is 140 Å². The Hall–Kier alpha value is -7.30. The maximum atomic E-state index is 5.18. The van der Waals surface area contributed by atoms with E-state index in [1.807, 2.05) is 12.3 Å². The van der Waals surface area contributed by atoms with Crippen molar-refractivity contribution < 1.29 is 0 Å². The summed E-state index contributed by atoms with van der Waals surface area (Å²) in [6.45, 7) is 0. The van der Waals surface area contributed by atoms with E-state index in [-0.39, 0.29) is 0 Å². The van der Waals surface area contributed by atoms with Crippen molar-refractivity contribution in [3.63, 3.8) is 0 Å². The van der Waals surface area contributed by atoms with Gasteiger partial charge in [-0.25, -0.2) is 9.97 Å². The SMILES string of the molecule is C1=CC(c2ccccc2)=CC(c2ccc(-c3ccnc(-n4c5ccccc5c5cc(-c6ccc7c(c6)c6ccccc6n7-c6ccccc6)ccc54)n3)cc2)C1. The van der Waals surface area contributed by atoms with Crippen LogP contribution in [-0.4, -0.2) is 19.1 Å². The number of para-hydroxylation sites is 3. The first kappa shape index (κ1) is 32.2. The van der Waals surface area contributed by atoms with Crippen molar-refractivity contribution in [1.29, 1.82) is 0 Å². The molecule has 7 aromatic carbocycles. The van der Waals surface area contributed by atoms with Gasteiger partial charge in [0.25, 0.3) is 0 Å². The number of hydrogen-bond donors (Lipinski definition) is 0. The molecule has 4 nitrogen and oxygen atoms in total. The maximum absolute atomic E-state index is 5.18. The molecule has 0 N–H and O–H groups in total. The van der Waals surface area contributed by atoms with Gasteiger partial charge in [0.15, 0.2) is 0 Å². The third-order valence-corrected chi connectivity index (χ3v) is 11.3. The number of fused-ring (bicyclic) bond motifs is 6. The second-order valence-corrected chi connectivity index (χ2v) is 14.6. The second kappa shape index (κ2) is 13.2. The summed E-state index contributed by atoms with van der Waals surface area (Å²) < 4.78 is 4.56. The lowest BCUT2D eigenvalue weighted by Crippen LogP contribution is -2.02. The topological polar surface area (TPSA) is 35.6 Å². The molecule has 1 aliphatic carbocycles. The Morgan fingerprint density at radius 3 is 1.73 bits per heavy atom. The van der Waals surface area contributed by atoms with Crippen LogP contribution in [0.15, 0.2) is 200 Å². The van der Waals surface area contributed by atoms with Gasteiger partial charge in [-0.3, -0.25) is 4.57 Å². The molecule has 10 aromatic rings. The lowest BCUT2D eigenvalue weighted by molar-refractivity contribution is 0.857. The fourth-order valence-electron chi connectivity index (χ4n) is 8.63. The molecule has 56 heavy (non-hydrogen) atoms. The summed E-state index contributed by atoms with van der Waals surface area (Å²) >= 11 is 0. The van der Waals surface area contributed by atoms with Gasteiger partial charge in [0.05, 0.1) is 27.8 Å². The largest absolute Gasteiger partial charge is 0.309 e. The molecule has 1 aliphatic rings. The standard InChI is InChI=1S/C52H36N4/c1-3-12-35(13-4-1)38-14-11-15-39(32-38)36-22-24-37(25-23-36)47-30-31-53-52(54-47)56-49-21-10-8-19-44(49)46-34-41(27-29-51(46)56)40-26-28-50-45(33-40)43-18-7-9-20-48(43)55(50)42-16-5-2-6-17-42/h1-14,16-34,39H,15H2. The highest BCUT2D eigenvalue weighted by Gasteiger charge is 2.18. The molecule has 0 saturated heterocycles. The fraction of sp³-hybridized carbons (Fsp3) is 0.0385. The van der Waals surface area contributed by atoms with Crippen molar-refractivity contribution in [1.82, 2.24) is 19.1 Å². The molecule has 1 atom stereocenters. The molecular weight excluding hydrogens is 681 g/mol. The van der Waals surface area contributed by atoms with Gasteiger partial charge in [-0.05, 0) is 88.8 Å². The minimum atomic E-state index is 0.337. The summed E-state index contributed by atoms with van der Waals surface area (Å²) in [6.07, 6.45) is 9.79. The van der Waals surface area contributed by atoms with Crippen LogP contribution in [0.3, 0.4) is 0 Å². The van der Waals surface area contributed by atoms with Crippen LogP contribution in [0.4, 0.5) is 0 Å². The average molecular weight is 717 g/mol. The van der Waals surface area contributed by atoms with Crippen LogP contribution in [0.5, 0.6) is 0 Å². The summed E-state index contributed by atoms with van der Waals surface area (Å²) in [5.74, 6) is 0.998. The van der Waals surface area contributed by atoms with Crippen molar-refractivity contribution in [3.8, 4) is 34.0 Å². The Labute approximate surface area is 325 Å². The molecule has 3 heterocycles. The number of nitrogens with zero attached hydrogens (tertiary/aromatic N) is 4. The first-order valence-corrected chi connectivity index (χ1v) is 19.3. The lowest BCUT2D eigenvalue weighted by atomic mass is 9.87. The molecule has 3 aromatic heterocycles. The number of rotatable bonds is 6. The lowest BCUT2D eigenvalue weighted by Gasteiger charge is -2.18. The van der Waals surface area contributed by atoms with Crippen LogP contribution < -0.4 is 0 Å². The highest BCUT2D eigenvalue weighted by molar-refractivity contribution is 6.12. The molecule has 0 saturated carbocycles. The van der Waals surface area contributed by atoms with Crippen molar-refractivity contribution in [2.75, 3.05) is 0 Å². The number of allylic oxidation sites excluding steroid dienone is 4. The molecule has 11 rings (SSSR count). The zero-order valence-electron chi connectivity index (χ0n) is 30.6. The van der Waals surface area contributed by atoms with E-state index in [4.69, 9.17) is 9.97 Å². The first-order chi connectivity index (χ1) is 27.8. The van der Waals surface area contributed by atoms with Gasteiger partial charge in [0.1, 0.15) is 0 Å². The second-order valence-electron chi connectivity index (χ2n) is 14.6. The van der Waals surface area contributed by atoms with Crippen molar-refractivity contribution >= 4 is 49.2 Å². The highest BCUT2D eigenvalue weighted by Crippen LogP contribution is 2.38. The summed E-state index contributed by atoms with van der Waals surface area (Å²) in [5, 5.41) is 4.84. The zero-order chi connectivity index (χ0) is 37.0. The minimum Gasteiger partial charge on any atom is -0.309 e. The zero-order valence-corrected chi connectivity index (χ0v) is 30.6. The Morgan fingerprint density at radius 2 is 1.04 bits per heavy atom. The Bertz CT molecular complexity index is 3150. The summed E-state index contributed by atoms with van der Waals surface area (Å²) in [7, 11) is 0. The third kappa shape index (κ3) is 5.38. The van der Waals surface area contributed by atoms with Gasteiger partial charge < -0.3 is 4.57 Å². The predicted octanol–water partition coefficient (Wildman–Crippen LogP) is 13.1. The fourth-order valence-corrected chi connectivity index (χ4v) is 8.63. The molecular formula is C52H36N4. The molecule has 0 fully saturated rings. The van der Waals surface area contributed by atoms with Gasteiger partial charge >= 0.3 is 0 Å². The van der Waals surface area contributed by atoms with Gasteiger partial charge in [0, 0.05) is 44.9 Å². The summed E-state index contributed by atoms with van der Waals surface area (Å²) in [4.78, 5) is 10.0. The minimum absolute atomic E-state index is 0.337. The number of benzene rings is 7. The maximum Gasteiger partial charge on any atom is 0.235 e. The molecule has 0 bridgehead atoms. The Balaban J connectivity index is 0.961. The molecule has 0 radical (unpaired) electrons.